The van der Waals surface area contributed by atoms with Gasteiger partial charge in [0.25, 0.3) is 5.56 Å². The highest BCUT2D eigenvalue weighted by Gasteiger charge is 2.19. The minimum Gasteiger partial charge on any atom is -0.467 e. The van der Waals surface area contributed by atoms with Crippen LogP contribution in [0, 0.1) is 0 Å². The molecule has 25 heavy (non-hydrogen) atoms. The third-order valence-corrected chi connectivity index (χ3v) is 5.10. The Balaban J connectivity index is 2.10. The second kappa shape index (κ2) is 5.75. The summed E-state index contributed by atoms with van der Waals surface area (Å²) in [6.07, 6.45) is 1.47. The van der Waals surface area contributed by atoms with Crippen LogP contribution in [0.4, 0.5) is 0 Å². The van der Waals surface area contributed by atoms with Gasteiger partial charge in [0.05, 0.1) is 18.3 Å². The minimum atomic E-state index is -0.651. The molecule has 3 aromatic heterocycles. The smallest absolute Gasteiger partial charge is 0.332 e. The molecule has 0 radical (unpaired) electrons. The number of furan rings is 1. The molecule has 0 saturated heterocycles. The number of carbonyl (C=O) groups excluding carboxylic acids is 1. The van der Waals surface area contributed by atoms with Gasteiger partial charge in [0, 0.05) is 10.1 Å². The Morgan fingerprint density at radius 2 is 1.92 bits per heavy atom. The lowest BCUT2D eigenvalue weighted by molar-refractivity contribution is -0.118. The van der Waals surface area contributed by atoms with Gasteiger partial charge in [-0.05, 0) is 18.2 Å². The molecular formula is C17H13N3O4S. The number of nitrogens with zero attached hydrogens (tertiary/aromatic N) is 2. The van der Waals surface area contributed by atoms with Crippen molar-refractivity contribution in [3.63, 3.8) is 0 Å². The molecule has 8 heteroatoms. The van der Waals surface area contributed by atoms with E-state index in [0.29, 0.717) is 16.0 Å². The van der Waals surface area contributed by atoms with Crippen LogP contribution in [0.25, 0.3) is 20.3 Å². The summed E-state index contributed by atoms with van der Waals surface area (Å²) in [5, 5.41) is 0.753. The molecule has 1 aromatic carbocycles. The standard InChI is InChI=1S/C17H13N3O4S/c18-13(21)9-19-14-11-5-1-2-6-12(11)25-15(14)16(22)20(17(19)23)8-10-4-3-7-24-10/h1-7H,8-9H2,(H2,18,21). The van der Waals surface area contributed by atoms with Crippen LogP contribution in [-0.4, -0.2) is 15.0 Å². The van der Waals surface area contributed by atoms with Crippen LogP contribution < -0.4 is 17.0 Å². The number of benzene rings is 1. The van der Waals surface area contributed by atoms with E-state index in [1.54, 1.807) is 12.1 Å². The summed E-state index contributed by atoms with van der Waals surface area (Å²) in [7, 11) is 0. The molecule has 0 aliphatic carbocycles. The average Bonchev–Trinajstić information content (AvgIpc) is 3.22. The summed E-state index contributed by atoms with van der Waals surface area (Å²) in [6.45, 7) is -0.303. The van der Waals surface area contributed by atoms with E-state index in [1.165, 1.54) is 22.2 Å². The number of nitrogens with two attached hydrogens (primary N) is 1. The first-order chi connectivity index (χ1) is 12.1. The molecule has 126 valence electrons. The predicted octanol–water partition coefficient (Wildman–Crippen LogP) is 1.50. The summed E-state index contributed by atoms with van der Waals surface area (Å²) in [5.74, 6) is -0.174. The van der Waals surface area contributed by atoms with Gasteiger partial charge in [0.15, 0.2) is 0 Å². The van der Waals surface area contributed by atoms with Gasteiger partial charge >= 0.3 is 5.69 Å². The fraction of sp³-hybridized carbons (Fsp3) is 0.118. The molecule has 1 amide bonds. The lowest BCUT2D eigenvalue weighted by atomic mass is 10.2. The van der Waals surface area contributed by atoms with E-state index >= 15 is 0 Å². The van der Waals surface area contributed by atoms with Crippen molar-refractivity contribution in [2.24, 2.45) is 5.73 Å². The zero-order chi connectivity index (χ0) is 17.6. The molecule has 0 atom stereocenters. The minimum absolute atomic E-state index is 0.00634. The van der Waals surface area contributed by atoms with Gasteiger partial charge in [-0.2, -0.15) is 0 Å². The average molecular weight is 355 g/mol. The van der Waals surface area contributed by atoms with Gasteiger partial charge in [-0.25, -0.2) is 4.79 Å². The van der Waals surface area contributed by atoms with Gasteiger partial charge in [-0.1, -0.05) is 18.2 Å². The molecule has 0 aliphatic heterocycles. The Kier molecular flexibility index (Phi) is 3.54. The molecule has 3 heterocycles. The third-order valence-electron chi connectivity index (χ3n) is 3.95. The van der Waals surface area contributed by atoms with Crippen molar-refractivity contribution in [1.82, 2.24) is 9.13 Å². The van der Waals surface area contributed by atoms with Crippen molar-refractivity contribution >= 4 is 37.5 Å². The highest BCUT2D eigenvalue weighted by atomic mass is 32.1. The number of thiophene rings is 1. The van der Waals surface area contributed by atoms with Gasteiger partial charge < -0.3 is 10.2 Å². The van der Waals surface area contributed by atoms with Crippen molar-refractivity contribution in [2.75, 3.05) is 0 Å². The summed E-state index contributed by atoms with van der Waals surface area (Å²) >= 11 is 1.29. The molecule has 0 unspecified atom stereocenters. The molecule has 7 nitrogen and oxygen atoms in total. The van der Waals surface area contributed by atoms with Crippen LogP contribution in [0.3, 0.4) is 0 Å². The van der Waals surface area contributed by atoms with E-state index in [2.05, 4.69) is 0 Å². The second-order valence-electron chi connectivity index (χ2n) is 5.58. The maximum Gasteiger partial charge on any atom is 0.332 e. The first kappa shape index (κ1) is 15.4. The monoisotopic (exact) mass is 355 g/mol. The number of primary amides is 1. The number of hydrogen-bond donors (Lipinski definition) is 1. The van der Waals surface area contributed by atoms with Crippen LogP contribution in [0.5, 0.6) is 0 Å². The molecule has 4 aromatic rings. The first-order valence-corrected chi connectivity index (χ1v) is 8.33. The summed E-state index contributed by atoms with van der Waals surface area (Å²) < 4.78 is 8.85. The highest BCUT2D eigenvalue weighted by molar-refractivity contribution is 7.25. The van der Waals surface area contributed by atoms with Crippen LogP contribution in [0.15, 0.2) is 56.7 Å². The van der Waals surface area contributed by atoms with E-state index in [-0.39, 0.29) is 13.1 Å². The fourth-order valence-electron chi connectivity index (χ4n) is 2.90. The normalized spacial score (nSPS) is 11.4. The Labute approximate surface area is 144 Å². The molecule has 0 aliphatic rings. The zero-order valence-corrected chi connectivity index (χ0v) is 13.8. The predicted molar refractivity (Wildman–Crippen MR) is 94.9 cm³/mol. The molecule has 2 N–H and O–H groups in total. The fourth-order valence-corrected chi connectivity index (χ4v) is 4.05. The highest BCUT2D eigenvalue weighted by Crippen LogP contribution is 2.30. The Morgan fingerprint density at radius 1 is 1.12 bits per heavy atom. The van der Waals surface area contributed by atoms with Crippen molar-refractivity contribution in [2.45, 2.75) is 13.1 Å². The summed E-state index contributed by atoms with van der Waals surface area (Å²) in [6, 6.07) is 10.7. The van der Waals surface area contributed by atoms with Crippen LogP contribution in [-0.2, 0) is 17.9 Å². The lowest BCUT2D eigenvalue weighted by Gasteiger charge is -2.10. The van der Waals surface area contributed by atoms with E-state index in [4.69, 9.17) is 10.2 Å². The van der Waals surface area contributed by atoms with Gasteiger partial charge in [0.1, 0.15) is 17.0 Å². The Hall–Kier alpha value is -3.13. The van der Waals surface area contributed by atoms with E-state index in [0.717, 1.165) is 14.7 Å². The molecule has 0 bridgehead atoms. The van der Waals surface area contributed by atoms with Crippen molar-refractivity contribution < 1.29 is 9.21 Å². The lowest BCUT2D eigenvalue weighted by Crippen LogP contribution is -2.41. The quantitative estimate of drug-likeness (QED) is 0.599. The summed E-state index contributed by atoms with van der Waals surface area (Å²) in [5.41, 5.74) is 4.78. The van der Waals surface area contributed by atoms with Crippen LogP contribution in [0.1, 0.15) is 5.76 Å². The Bertz CT molecular complexity index is 1210. The number of amides is 1. The maximum atomic E-state index is 12.9. The van der Waals surface area contributed by atoms with Gasteiger partial charge in [0.2, 0.25) is 5.91 Å². The number of hydrogen-bond acceptors (Lipinski definition) is 5. The van der Waals surface area contributed by atoms with Crippen molar-refractivity contribution in [3.05, 3.63) is 69.3 Å². The first-order valence-electron chi connectivity index (χ1n) is 7.52. The SMILES string of the molecule is NC(=O)Cn1c(=O)n(Cc2ccco2)c(=O)c2sc3ccccc3c21. The van der Waals surface area contributed by atoms with E-state index in [1.807, 2.05) is 24.3 Å². The third kappa shape index (κ3) is 2.47. The van der Waals surface area contributed by atoms with Gasteiger partial charge in [-0.15, -0.1) is 11.3 Å². The largest absolute Gasteiger partial charge is 0.467 e. The topological polar surface area (TPSA) is 100 Å². The number of aromatic nitrogens is 2. The molecule has 4 rings (SSSR count). The van der Waals surface area contributed by atoms with Crippen LogP contribution >= 0.6 is 11.3 Å². The van der Waals surface area contributed by atoms with Crippen molar-refractivity contribution in [3.8, 4) is 0 Å². The molecule has 0 spiro atoms. The molecule has 0 fully saturated rings. The van der Waals surface area contributed by atoms with E-state index < -0.39 is 17.2 Å². The van der Waals surface area contributed by atoms with Crippen LogP contribution in [0.2, 0.25) is 0 Å². The Morgan fingerprint density at radius 3 is 2.64 bits per heavy atom. The van der Waals surface area contributed by atoms with Crippen molar-refractivity contribution in [1.29, 1.82) is 0 Å². The summed E-state index contributed by atoms with van der Waals surface area (Å²) in [4.78, 5) is 37.3. The second-order valence-corrected chi connectivity index (χ2v) is 6.63. The van der Waals surface area contributed by atoms with E-state index in [9.17, 15) is 14.4 Å². The number of carbonyl (C=O) groups is 1. The zero-order valence-electron chi connectivity index (χ0n) is 13.0. The maximum absolute atomic E-state index is 12.9. The number of rotatable bonds is 4. The van der Waals surface area contributed by atoms with Gasteiger partial charge in [-0.3, -0.25) is 18.7 Å². The number of fused-ring (bicyclic) bond motifs is 3. The molecule has 0 saturated carbocycles. The molecular weight excluding hydrogens is 342 g/mol.